The molecule has 5 aromatic rings. The Morgan fingerprint density at radius 3 is 2.32 bits per heavy atom. The summed E-state index contributed by atoms with van der Waals surface area (Å²) in [6, 6.07) is 9.72. The lowest BCUT2D eigenvalue weighted by molar-refractivity contribution is -0.294. The first-order chi connectivity index (χ1) is 22.3. The molecule has 16 heteroatoms. The van der Waals surface area contributed by atoms with Gasteiger partial charge in [0.2, 0.25) is 0 Å². The summed E-state index contributed by atoms with van der Waals surface area (Å²) in [5.74, 6) is -1.58. The third-order valence-corrected chi connectivity index (χ3v) is 7.79. The van der Waals surface area contributed by atoms with E-state index < -0.39 is 48.7 Å². The minimum Gasteiger partial charge on any atom is -0.496 e. The van der Waals surface area contributed by atoms with Crippen LogP contribution in [-0.2, 0) is 20.7 Å². The van der Waals surface area contributed by atoms with Gasteiger partial charge in [-0.15, -0.1) is 0 Å². The Morgan fingerprint density at radius 2 is 1.70 bits per heavy atom. The third kappa shape index (κ3) is 5.91. The number of nitrogens with zero attached hydrogens (tertiary/aromatic N) is 6. The lowest BCUT2D eigenvalue weighted by Crippen LogP contribution is -2.70. The van der Waals surface area contributed by atoms with Crippen LogP contribution in [0.3, 0.4) is 0 Å². The molecule has 2 aromatic carbocycles. The van der Waals surface area contributed by atoms with E-state index >= 15 is 0 Å². The first-order valence-electron chi connectivity index (χ1n) is 14.0. The number of aryl methyl sites for hydroxylation is 2. The summed E-state index contributed by atoms with van der Waals surface area (Å²) in [5.41, 5.74) is -0.187. The number of aromatic nitrogens is 5. The van der Waals surface area contributed by atoms with E-state index in [2.05, 4.69) is 15.2 Å². The van der Waals surface area contributed by atoms with Gasteiger partial charge in [-0.1, -0.05) is 0 Å². The predicted molar refractivity (Wildman–Crippen MR) is 157 cm³/mol. The second-order valence-electron chi connectivity index (χ2n) is 11.0. The molecule has 1 fully saturated rings. The number of ether oxygens (including phenoxy) is 3. The average molecular weight is 659 g/mol. The number of rotatable bonds is 9. The highest BCUT2D eigenvalue weighted by atomic mass is 19.4. The Morgan fingerprint density at radius 1 is 1.02 bits per heavy atom. The van der Waals surface area contributed by atoms with Crippen molar-refractivity contribution in [3.05, 3.63) is 72.3 Å². The molecule has 1 aliphatic rings. The van der Waals surface area contributed by atoms with E-state index in [0.29, 0.717) is 27.2 Å². The van der Waals surface area contributed by atoms with E-state index in [1.807, 2.05) is 12.3 Å². The average Bonchev–Trinajstić information content (AvgIpc) is 3.59. The van der Waals surface area contributed by atoms with Gasteiger partial charge in [-0.05, 0) is 47.5 Å². The summed E-state index contributed by atoms with van der Waals surface area (Å²) in [6.07, 6.45) is 1.76. The van der Waals surface area contributed by atoms with Crippen LogP contribution in [0, 0.1) is 0 Å². The first-order valence-corrected chi connectivity index (χ1v) is 14.0. The third-order valence-electron chi connectivity index (χ3n) is 7.79. The summed E-state index contributed by atoms with van der Waals surface area (Å²) >= 11 is 0. The highest BCUT2D eigenvalue weighted by Gasteiger charge is 2.62. The molecule has 1 saturated heterocycles. The monoisotopic (exact) mass is 658 g/mol. The topological polar surface area (TPSA) is 117 Å². The van der Waals surface area contributed by atoms with Gasteiger partial charge in [0.15, 0.2) is 5.60 Å². The summed E-state index contributed by atoms with van der Waals surface area (Å²) in [6.45, 7) is -5.41. The van der Waals surface area contributed by atoms with Gasteiger partial charge in [0.25, 0.3) is 5.91 Å². The second kappa shape index (κ2) is 11.8. The van der Waals surface area contributed by atoms with Gasteiger partial charge in [0.05, 0.1) is 43.0 Å². The van der Waals surface area contributed by atoms with Crippen molar-refractivity contribution in [2.75, 3.05) is 20.2 Å². The van der Waals surface area contributed by atoms with E-state index in [1.54, 1.807) is 55.6 Å². The molecule has 246 valence electrons. The van der Waals surface area contributed by atoms with E-state index in [1.165, 1.54) is 17.9 Å². The quantitative estimate of drug-likeness (QED) is 0.221. The maximum Gasteiger partial charge on any atom is 0.420 e. The fourth-order valence-corrected chi connectivity index (χ4v) is 5.47. The van der Waals surface area contributed by atoms with Crippen molar-refractivity contribution in [1.82, 2.24) is 29.4 Å². The van der Waals surface area contributed by atoms with E-state index in [4.69, 9.17) is 14.2 Å². The minimum atomic E-state index is -4.99. The number of alkyl halides is 5. The van der Waals surface area contributed by atoms with E-state index in [0.717, 1.165) is 22.8 Å². The van der Waals surface area contributed by atoms with Crippen molar-refractivity contribution < 1.29 is 46.1 Å². The minimum absolute atomic E-state index is 0.152. The molecule has 11 nitrogen and oxygen atoms in total. The maximum absolute atomic E-state index is 13.7. The molecule has 4 heterocycles. The number of β-amino-alcohol motifs (C(OH)–C–C–N with tert-alkyl or cyclic N) is 1. The van der Waals surface area contributed by atoms with Crippen LogP contribution >= 0.6 is 0 Å². The largest absolute Gasteiger partial charge is 0.496 e. The van der Waals surface area contributed by atoms with E-state index in [9.17, 15) is 31.9 Å². The number of pyridine rings is 1. The first kappa shape index (κ1) is 31.7. The van der Waals surface area contributed by atoms with Crippen LogP contribution in [0.2, 0.25) is 0 Å². The molecule has 47 heavy (non-hydrogen) atoms. The van der Waals surface area contributed by atoms with Crippen LogP contribution in [-0.4, -0.2) is 79.0 Å². The van der Waals surface area contributed by atoms with Gasteiger partial charge in [0.1, 0.15) is 29.4 Å². The molecule has 1 aliphatic heterocycles. The smallest absolute Gasteiger partial charge is 0.420 e. The number of fused-ring (bicyclic) bond motifs is 1. The molecule has 0 spiro atoms. The van der Waals surface area contributed by atoms with E-state index in [-0.39, 0.29) is 17.9 Å². The van der Waals surface area contributed by atoms with Gasteiger partial charge in [0, 0.05) is 43.8 Å². The maximum atomic E-state index is 13.7. The molecule has 0 radical (unpaired) electrons. The summed E-state index contributed by atoms with van der Waals surface area (Å²) in [7, 11) is 4.58. The number of hydrogen-bond acceptors (Lipinski definition) is 8. The number of aliphatic hydroxyl groups is 1. The number of likely N-dealkylation sites (tertiary alicyclic amines) is 1. The van der Waals surface area contributed by atoms with Crippen LogP contribution in [0.15, 0.2) is 61.2 Å². The predicted octanol–water partition coefficient (Wildman–Crippen LogP) is 4.97. The fourth-order valence-electron chi connectivity index (χ4n) is 5.47. The Kier molecular flexibility index (Phi) is 7.99. The zero-order valence-electron chi connectivity index (χ0n) is 25.1. The number of carbonyl (C=O) groups excluding carboxylic acids is 1. The van der Waals surface area contributed by atoms with Crippen molar-refractivity contribution in [3.63, 3.8) is 0 Å². The standard InChI is InChI=1S/C31H27F5N6O5/c1-40-13-20(12-38-40)18-8-21-25(23(9-18)46-14-17-4-6-37-7-5-17)27(41(2)39-21)19-10-22(45-3)26(24(11-19)47-29(32)33)28(43)42-15-30(44,16-42)31(34,35)36/h4-13,29,44H,14-16H2,1-3H3. The van der Waals surface area contributed by atoms with Crippen molar-refractivity contribution in [2.45, 2.75) is 25.0 Å². The van der Waals surface area contributed by atoms with Crippen LogP contribution in [0.4, 0.5) is 22.0 Å². The lowest BCUT2D eigenvalue weighted by atomic mass is 9.92. The highest BCUT2D eigenvalue weighted by molar-refractivity contribution is 6.04. The molecule has 0 saturated carbocycles. The Labute approximate surface area is 263 Å². The number of halogens is 5. The second-order valence-corrected chi connectivity index (χ2v) is 11.0. The van der Waals surface area contributed by atoms with Crippen LogP contribution in [0.5, 0.6) is 17.2 Å². The SMILES string of the molecule is COc1cc(-c2c3c(OCc4ccncc4)cc(-c4cnn(C)c4)cc3nn2C)cc(OC(F)F)c1C(=O)N1CC(O)(C(F)(F)F)C1. The lowest BCUT2D eigenvalue weighted by Gasteiger charge is -2.47. The number of carbonyl (C=O) groups is 1. The van der Waals surface area contributed by atoms with Gasteiger partial charge in [-0.25, -0.2) is 0 Å². The number of benzene rings is 2. The molecule has 0 atom stereocenters. The van der Waals surface area contributed by atoms with Crippen LogP contribution < -0.4 is 14.2 Å². The summed E-state index contributed by atoms with van der Waals surface area (Å²) in [4.78, 5) is 18.0. The van der Waals surface area contributed by atoms with Crippen LogP contribution in [0.25, 0.3) is 33.3 Å². The molecule has 1 amide bonds. The molecule has 0 bridgehead atoms. The number of amides is 1. The van der Waals surface area contributed by atoms with Crippen molar-refractivity contribution >= 4 is 16.8 Å². The van der Waals surface area contributed by atoms with Crippen LogP contribution in [0.1, 0.15) is 15.9 Å². The number of methoxy groups -OCH3 is 1. The molecular formula is C31H27F5N6O5. The van der Waals surface area contributed by atoms with Gasteiger partial charge in [-0.3, -0.25) is 19.1 Å². The molecular weight excluding hydrogens is 631 g/mol. The Balaban J connectivity index is 1.48. The van der Waals surface area contributed by atoms with Gasteiger partial charge < -0.3 is 24.2 Å². The summed E-state index contributed by atoms with van der Waals surface area (Å²) in [5, 5.41) is 19.2. The zero-order valence-corrected chi connectivity index (χ0v) is 25.1. The van der Waals surface area contributed by atoms with Gasteiger partial charge in [-0.2, -0.15) is 32.1 Å². The zero-order chi connectivity index (χ0) is 33.7. The molecule has 0 aliphatic carbocycles. The molecule has 0 unspecified atom stereocenters. The normalized spacial score (nSPS) is 14.4. The molecule has 3 aromatic heterocycles. The number of hydrogen-bond donors (Lipinski definition) is 1. The van der Waals surface area contributed by atoms with Crippen molar-refractivity contribution in [3.8, 4) is 39.6 Å². The molecule has 1 N–H and O–H groups in total. The van der Waals surface area contributed by atoms with Crippen molar-refractivity contribution in [1.29, 1.82) is 0 Å². The Hall–Kier alpha value is -5.25. The van der Waals surface area contributed by atoms with Crippen molar-refractivity contribution in [2.24, 2.45) is 14.1 Å². The fraction of sp³-hybridized carbons (Fsp3) is 0.290. The Bertz CT molecular complexity index is 1950. The summed E-state index contributed by atoms with van der Waals surface area (Å²) < 4.78 is 86.7. The van der Waals surface area contributed by atoms with Gasteiger partial charge >= 0.3 is 12.8 Å². The molecule has 6 rings (SSSR count). The highest BCUT2D eigenvalue weighted by Crippen LogP contribution is 2.45.